The number of nitrogens with zero attached hydrogens (tertiary/aromatic N) is 3. The van der Waals surface area contributed by atoms with Crippen LogP contribution in [0.5, 0.6) is 0 Å². The van der Waals surface area contributed by atoms with Crippen molar-refractivity contribution < 1.29 is 4.42 Å². The monoisotopic (exact) mass is 223 g/mol. The maximum Gasteiger partial charge on any atom is 0.208 e. The molecule has 1 saturated heterocycles. The molecule has 4 heteroatoms. The van der Waals surface area contributed by atoms with Crippen LogP contribution in [0.4, 0.5) is 0 Å². The minimum absolute atomic E-state index is 0.287. The Morgan fingerprint density at radius 1 is 1.25 bits per heavy atom. The molecule has 16 heavy (non-hydrogen) atoms. The van der Waals surface area contributed by atoms with Crippen LogP contribution in [-0.4, -0.2) is 46.5 Å². The minimum Gasteiger partial charge on any atom is -0.448 e. The smallest absolute Gasteiger partial charge is 0.208 e. The Balaban J connectivity index is 1.82. The molecule has 1 aromatic heterocycles. The molecular weight excluding hydrogens is 202 g/mol. The molecule has 0 unspecified atom stereocenters. The molecule has 0 bridgehead atoms. The summed E-state index contributed by atoms with van der Waals surface area (Å²) in [5, 5.41) is 0. The van der Waals surface area contributed by atoms with Gasteiger partial charge in [-0.2, -0.15) is 0 Å². The second-order valence-corrected chi connectivity index (χ2v) is 5.36. The summed E-state index contributed by atoms with van der Waals surface area (Å²) in [6, 6.07) is 0. The third kappa shape index (κ3) is 2.83. The van der Waals surface area contributed by atoms with Gasteiger partial charge in [0, 0.05) is 31.7 Å². The highest BCUT2D eigenvalue weighted by molar-refractivity contribution is 4.85. The average molecular weight is 223 g/mol. The highest BCUT2D eigenvalue weighted by Gasteiger charge is 2.25. The summed E-state index contributed by atoms with van der Waals surface area (Å²) in [4.78, 5) is 9.08. The molecule has 0 atom stereocenters. The van der Waals surface area contributed by atoms with Gasteiger partial charge in [-0.15, -0.1) is 0 Å². The van der Waals surface area contributed by atoms with Gasteiger partial charge >= 0.3 is 0 Å². The number of aromatic nitrogens is 1. The van der Waals surface area contributed by atoms with Crippen molar-refractivity contribution in [3.8, 4) is 0 Å². The fraction of sp³-hybridized carbons (Fsp3) is 0.750. The van der Waals surface area contributed by atoms with Gasteiger partial charge in [-0.05, 0) is 20.8 Å². The molecule has 0 N–H and O–H groups in total. The van der Waals surface area contributed by atoms with E-state index in [4.69, 9.17) is 4.42 Å². The van der Waals surface area contributed by atoms with Gasteiger partial charge in [-0.1, -0.05) is 0 Å². The summed E-state index contributed by atoms with van der Waals surface area (Å²) in [5.74, 6) is 0.823. The van der Waals surface area contributed by atoms with Gasteiger partial charge in [0.05, 0.1) is 12.7 Å². The molecule has 1 fully saturated rings. The lowest BCUT2D eigenvalue weighted by Crippen LogP contribution is -2.53. The van der Waals surface area contributed by atoms with Crippen molar-refractivity contribution in [1.29, 1.82) is 0 Å². The van der Waals surface area contributed by atoms with E-state index in [9.17, 15) is 0 Å². The van der Waals surface area contributed by atoms with Crippen LogP contribution in [0.2, 0.25) is 0 Å². The maximum absolute atomic E-state index is 5.26. The van der Waals surface area contributed by atoms with Crippen LogP contribution in [0.15, 0.2) is 16.9 Å². The summed E-state index contributed by atoms with van der Waals surface area (Å²) < 4.78 is 5.26. The van der Waals surface area contributed by atoms with Crippen LogP contribution in [0, 0.1) is 0 Å². The van der Waals surface area contributed by atoms with Gasteiger partial charge in [-0.25, -0.2) is 4.98 Å². The van der Waals surface area contributed by atoms with Gasteiger partial charge in [0.2, 0.25) is 5.89 Å². The minimum atomic E-state index is 0.287. The van der Waals surface area contributed by atoms with E-state index >= 15 is 0 Å². The van der Waals surface area contributed by atoms with E-state index in [1.54, 1.807) is 12.5 Å². The molecule has 1 aromatic rings. The molecule has 4 nitrogen and oxygen atoms in total. The Hall–Kier alpha value is -0.870. The largest absolute Gasteiger partial charge is 0.448 e. The number of hydrogen-bond donors (Lipinski definition) is 0. The molecule has 0 aliphatic carbocycles. The second kappa shape index (κ2) is 4.55. The van der Waals surface area contributed by atoms with E-state index in [2.05, 4.69) is 35.6 Å². The molecule has 0 amide bonds. The Kier molecular flexibility index (Phi) is 3.30. The van der Waals surface area contributed by atoms with Crippen molar-refractivity contribution in [2.45, 2.75) is 32.9 Å². The van der Waals surface area contributed by atoms with E-state index in [1.807, 2.05) is 0 Å². The SMILES string of the molecule is CC(C)(C)N1CCN(Cc2ncco2)CC1. The summed E-state index contributed by atoms with van der Waals surface area (Å²) in [5.41, 5.74) is 0.287. The first-order valence-electron chi connectivity index (χ1n) is 5.91. The zero-order chi connectivity index (χ0) is 11.6. The highest BCUT2D eigenvalue weighted by atomic mass is 16.3. The highest BCUT2D eigenvalue weighted by Crippen LogP contribution is 2.16. The van der Waals surface area contributed by atoms with Crippen molar-refractivity contribution in [3.63, 3.8) is 0 Å². The van der Waals surface area contributed by atoms with Gasteiger partial charge in [0.1, 0.15) is 6.26 Å². The van der Waals surface area contributed by atoms with Crippen molar-refractivity contribution >= 4 is 0 Å². The third-order valence-corrected chi connectivity index (χ3v) is 3.16. The summed E-state index contributed by atoms with van der Waals surface area (Å²) in [6.07, 6.45) is 3.35. The Morgan fingerprint density at radius 2 is 1.94 bits per heavy atom. The number of piperazine rings is 1. The number of rotatable bonds is 2. The average Bonchev–Trinajstić information content (AvgIpc) is 2.70. The molecule has 1 aliphatic heterocycles. The van der Waals surface area contributed by atoms with E-state index in [0.29, 0.717) is 0 Å². The molecule has 1 aliphatic rings. The zero-order valence-electron chi connectivity index (χ0n) is 10.4. The van der Waals surface area contributed by atoms with Gasteiger partial charge in [0.15, 0.2) is 0 Å². The van der Waals surface area contributed by atoms with E-state index in [1.165, 1.54) is 0 Å². The Bertz CT molecular complexity index is 308. The van der Waals surface area contributed by atoms with Crippen LogP contribution in [0.3, 0.4) is 0 Å². The first-order chi connectivity index (χ1) is 7.55. The van der Waals surface area contributed by atoms with Crippen molar-refractivity contribution in [2.24, 2.45) is 0 Å². The lowest BCUT2D eigenvalue weighted by molar-refractivity contribution is 0.0555. The Morgan fingerprint density at radius 3 is 2.44 bits per heavy atom. The van der Waals surface area contributed by atoms with E-state index in [0.717, 1.165) is 38.6 Å². The topological polar surface area (TPSA) is 32.5 Å². The standard InChI is InChI=1S/C12H21N3O/c1-12(2,3)15-7-5-14(6-8-15)10-11-13-4-9-16-11/h4,9H,5-8,10H2,1-3H3. The van der Waals surface area contributed by atoms with Gasteiger partial charge in [-0.3, -0.25) is 9.80 Å². The van der Waals surface area contributed by atoms with Crippen molar-refractivity contribution in [2.75, 3.05) is 26.2 Å². The summed E-state index contributed by atoms with van der Waals surface area (Å²) >= 11 is 0. The predicted molar refractivity (Wildman–Crippen MR) is 63.1 cm³/mol. The second-order valence-electron chi connectivity index (χ2n) is 5.36. The number of oxazole rings is 1. The van der Waals surface area contributed by atoms with Crippen LogP contribution >= 0.6 is 0 Å². The van der Waals surface area contributed by atoms with E-state index < -0.39 is 0 Å². The molecular formula is C12H21N3O. The van der Waals surface area contributed by atoms with Crippen LogP contribution < -0.4 is 0 Å². The molecule has 0 aromatic carbocycles. The summed E-state index contributed by atoms with van der Waals surface area (Å²) in [7, 11) is 0. The maximum atomic E-state index is 5.26. The fourth-order valence-electron chi connectivity index (χ4n) is 2.10. The predicted octanol–water partition coefficient (Wildman–Crippen LogP) is 1.59. The molecule has 0 saturated carbocycles. The fourth-order valence-corrected chi connectivity index (χ4v) is 2.10. The van der Waals surface area contributed by atoms with Crippen LogP contribution in [0.25, 0.3) is 0 Å². The summed E-state index contributed by atoms with van der Waals surface area (Å²) in [6.45, 7) is 12.1. The van der Waals surface area contributed by atoms with Crippen molar-refractivity contribution in [3.05, 3.63) is 18.4 Å². The van der Waals surface area contributed by atoms with E-state index in [-0.39, 0.29) is 5.54 Å². The van der Waals surface area contributed by atoms with Crippen LogP contribution in [0.1, 0.15) is 26.7 Å². The van der Waals surface area contributed by atoms with Crippen molar-refractivity contribution in [1.82, 2.24) is 14.8 Å². The molecule has 2 rings (SSSR count). The lowest BCUT2D eigenvalue weighted by Gasteiger charge is -2.41. The number of hydrogen-bond acceptors (Lipinski definition) is 4. The van der Waals surface area contributed by atoms with Gasteiger partial charge in [0.25, 0.3) is 0 Å². The zero-order valence-corrected chi connectivity index (χ0v) is 10.4. The third-order valence-electron chi connectivity index (χ3n) is 3.16. The molecule has 0 spiro atoms. The molecule has 90 valence electrons. The first-order valence-corrected chi connectivity index (χ1v) is 5.91. The molecule has 0 radical (unpaired) electrons. The van der Waals surface area contributed by atoms with Gasteiger partial charge < -0.3 is 4.42 Å². The molecule has 2 heterocycles. The quantitative estimate of drug-likeness (QED) is 0.762. The lowest BCUT2D eigenvalue weighted by atomic mass is 10.1. The Labute approximate surface area is 97.2 Å². The van der Waals surface area contributed by atoms with Crippen LogP contribution in [-0.2, 0) is 6.54 Å². The normalized spacial score (nSPS) is 20.2. The first kappa shape index (κ1) is 11.6.